The largest absolute Gasteiger partial charge is 0.477 e. The number of aliphatic carboxylic acids is 1. The van der Waals surface area contributed by atoms with Crippen LogP contribution in [0.25, 0.3) is 0 Å². The van der Waals surface area contributed by atoms with Crippen molar-refractivity contribution in [1.82, 2.24) is 0 Å². The predicted molar refractivity (Wildman–Crippen MR) is 84.9 cm³/mol. The van der Waals surface area contributed by atoms with Gasteiger partial charge in [0.25, 0.3) is 17.4 Å². The molecule has 26 heavy (non-hydrogen) atoms. The Kier molecular flexibility index (Phi) is 8.56. The van der Waals surface area contributed by atoms with E-state index in [4.69, 9.17) is 15.3 Å². The summed E-state index contributed by atoms with van der Waals surface area (Å²) in [7, 11) is 0. The van der Waals surface area contributed by atoms with E-state index < -0.39 is 41.6 Å². The average Bonchev–Trinajstić information content (AvgIpc) is 2.49. The first-order valence-corrected chi connectivity index (χ1v) is 8.23. The zero-order valence-corrected chi connectivity index (χ0v) is 14.8. The van der Waals surface area contributed by atoms with Crippen molar-refractivity contribution in [3.05, 3.63) is 0 Å². The fourth-order valence-corrected chi connectivity index (χ4v) is 2.33. The van der Waals surface area contributed by atoms with Gasteiger partial charge >= 0.3 is 11.8 Å². The number of rotatable bonds is 12. The van der Waals surface area contributed by atoms with Gasteiger partial charge in [0.1, 0.15) is 6.10 Å². The first-order valence-electron chi connectivity index (χ1n) is 8.23. The number of hydrogen-bond acceptors (Lipinski definition) is 10. The van der Waals surface area contributed by atoms with E-state index in [1.54, 1.807) is 0 Å². The van der Waals surface area contributed by atoms with Gasteiger partial charge in [-0.05, 0) is 12.3 Å². The first-order chi connectivity index (χ1) is 11.5. The fraction of sp³-hybridized carbons (Fsp3) is 0.933. The SMILES string of the molecule is CC(C)CCCCCCC(O)C(O)(O)C(O)(O)C(O)(O)C(O)(O)C(=O)O. The lowest BCUT2D eigenvalue weighted by molar-refractivity contribution is -0.507. The summed E-state index contributed by atoms with van der Waals surface area (Å²) in [6.45, 7) is 4.10. The second-order valence-electron chi connectivity index (χ2n) is 6.95. The van der Waals surface area contributed by atoms with Crippen LogP contribution in [0.3, 0.4) is 0 Å². The molecule has 0 saturated carbocycles. The molecular weight excluding hydrogens is 356 g/mol. The highest BCUT2D eigenvalue weighted by molar-refractivity contribution is 5.76. The zero-order chi connectivity index (χ0) is 21.0. The Morgan fingerprint density at radius 1 is 0.769 bits per heavy atom. The Morgan fingerprint density at radius 2 is 1.19 bits per heavy atom. The topological polar surface area (TPSA) is 219 Å². The summed E-state index contributed by atoms with van der Waals surface area (Å²) in [5.41, 5.74) is 0. The van der Waals surface area contributed by atoms with Gasteiger partial charge in [0, 0.05) is 0 Å². The molecular formula is C15H30O11. The van der Waals surface area contributed by atoms with Gasteiger partial charge in [-0.3, -0.25) is 0 Å². The number of carboxylic acids is 1. The average molecular weight is 386 g/mol. The van der Waals surface area contributed by atoms with Gasteiger partial charge in [-0.15, -0.1) is 0 Å². The molecule has 0 aliphatic rings. The second kappa shape index (κ2) is 8.87. The van der Waals surface area contributed by atoms with E-state index in [9.17, 15) is 40.5 Å². The molecule has 0 heterocycles. The van der Waals surface area contributed by atoms with Crippen molar-refractivity contribution in [2.75, 3.05) is 0 Å². The molecule has 10 N–H and O–H groups in total. The van der Waals surface area contributed by atoms with Crippen LogP contribution < -0.4 is 0 Å². The maximum atomic E-state index is 10.7. The highest BCUT2D eigenvalue weighted by atomic mass is 16.7. The molecule has 0 aromatic carbocycles. The molecule has 1 atom stereocenters. The molecule has 11 nitrogen and oxygen atoms in total. The monoisotopic (exact) mass is 386 g/mol. The summed E-state index contributed by atoms with van der Waals surface area (Å²) >= 11 is 0. The summed E-state index contributed by atoms with van der Waals surface area (Å²) < 4.78 is 0. The van der Waals surface area contributed by atoms with Crippen LogP contribution in [0.4, 0.5) is 0 Å². The van der Waals surface area contributed by atoms with Crippen LogP contribution in [-0.2, 0) is 4.79 Å². The summed E-state index contributed by atoms with van der Waals surface area (Å²) in [5, 5.41) is 94.3. The third-order valence-corrected chi connectivity index (χ3v) is 4.26. The van der Waals surface area contributed by atoms with E-state index >= 15 is 0 Å². The number of carboxylic acid groups (broad SMARTS) is 1. The van der Waals surface area contributed by atoms with Crippen molar-refractivity contribution in [3.63, 3.8) is 0 Å². The predicted octanol–water partition coefficient (Wildman–Crippen LogP) is -2.85. The molecule has 0 aliphatic carbocycles. The summed E-state index contributed by atoms with van der Waals surface area (Å²) in [4.78, 5) is 10.7. The minimum atomic E-state index is -4.77. The maximum Gasteiger partial charge on any atom is 0.370 e. The van der Waals surface area contributed by atoms with Gasteiger partial charge in [-0.1, -0.05) is 46.0 Å². The molecule has 0 aliphatic heterocycles. The number of unbranched alkanes of at least 4 members (excludes halogenated alkanes) is 3. The molecule has 0 bridgehead atoms. The van der Waals surface area contributed by atoms with Gasteiger partial charge < -0.3 is 51.1 Å². The van der Waals surface area contributed by atoms with Crippen molar-refractivity contribution in [2.45, 2.75) is 81.6 Å². The highest BCUT2D eigenvalue weighted by Crippen LogP contribution is 2.37. The minimum absolute atomic E-state index is 0.199. The second-order valence-corrected chi connectivity index (χ2v) is 6.95. The Hall–Kier alpha value is -0.890. The molecule has 0 amide bonds. The molecule has 0 rings (SSSR count). The minimum Gasteiger partial charge on any atom is -0.477 e. The Bertz CT molecular complexity index is 457. The first kappa shape index (κ1) is 25.1. The van der Waals surface area contributed by atoms with Gasteiger partial charge in [0.2, 0.25) is 0 Å². The number of hydrogen-bond donors (Lipinski definition) is 10. The Morgan fingerprint density at radius 3 is 1.58 bits per heavy atom. The Labute approximate surface area is 150 Å². The number of aliphatic hydroxyl groups excluding tert-OH is 1. The standard InChI is InChI=1S/C15H30O11/c1-9(2)7-5-3-4-6-8-10(16)12(19,20)14(23,24)15(25,26)13(21,22)11(17)18/h9-10,16,19-26H,3-8H2,1-2H3,(H,17,18). The summed E-state index contributed by atoms with van der Waals surface area (Å²) in [6, 6.07) is 0. The lowest BCUT2D eigenvalue weighted by atomic mass is 9.85. The van der Waals surface area contributed by atoms with Gasteiger partial charge in [0.05, 0.1) is 0 Å². The fourth-order valence-electron chi connectivity index (χ4n) is 2.33. The van der Waals surface area contributed by atoms with E-state index in [1.165, 1.54) is 0 Å². The molecule has 0 aromatic rings. The molecule has 0 radical (unpaired) electrons. The number of aliphatic hydroxyl groups is 9. The van der Waals surface area contributed by atoms with Crippen molar-refractivity contribution in [1.29, 1.82) is 0 Å². The number of carbonyl (C=O) groups is 1. The maximum absolute atomic E-state index is 10.7. The third-order valence-electron chi connectivity index (χ3n) is 4.26. The van der Waals surface area contributed by atoms with E-state index in [0.29, 0.717) is 12.3 Å². The normalized spacial score (nSPS) is 15.4. The third kappa shape index (κ3) is 5.09. The van der Waals surface area contributed by atoms with Crippen LogP contribution >= 0.6 is 0 Å². The van der Waals surface area contributed by atoms with Gasteiger partial charge in [0.15, 0.2) is 0 Å². The lowest BCUT2D eigenvalue weighted by Gasteiger charge is -2.47. The Balaban J connectivity index is 5.02. The van der Waals surface area contributed by atoms with Crippen LogP contribution in [-0.4, -0.2) is 86.3 Å². The van der Waals surface area contributed by atoms with Crippen LogP contribution in [0.2, 0.25) is 0 Å². The van der Waals surface area contributed by atoms with E-state index in [0.717, 1.165) is 19.3 Å². The molecule has 0 fully saturated rings. The van der Waals surface area contributed by atoms with Crippen LogP contribution in [0, 0.1) is 5.92 Å². The van der Waals surface area contributed by atoms with Crippen molar-refractivity contribution >= 4 is 5.97 Å². The van der Waals surface area contributed by atoms with Gasteiger partial charge in [-0.25, -0.2) is 4.79 Å². The van der Waals surface area contributed by atoms with Crippen LogP contribution in [0.15, 0.2) is 0 Å². The van der Waals surface area contributed by atoms with E-state index in [2.05, 4.69) is 0 Å². The molecule has 0 aromatic heterocycles. The van der Waals surface area contributed by atoms with Crippen LogP contribution in [0.1, 0.15) is 52.4 Å². The summed E-state index contributed by atoms with van der Waals surface area (Å²) in [5.74, 6) is -20.3. The molecule has 156 valence electrons. The highest BCUT2D eigenvalue weighted by Gasteiger charge is 2.74. The van der Waals surface area contributed by atoms with E-state index in [1.807, 2.05) is 13.8 Å². The molecule has 0 saturated heterocycles. The lowest BCUT2D eigenvalue weighted by Crippen LogP contribution is -2.80. The molecule has 0 spiro atoms. The van der Waals surface area contributed by atoms with E-state index in [-0.39, 0.29) is 6.42 Å². The van der Waals surface area contributed by atoms with Crippen molar-refractivity contribution < 1.29 is 55.9 Å². The van der Waals surface area contributed by atoms with Crippen molar-refractivity contribution in [2.24, 2.45) is 5.92 Å². The summed E-state index contributed by atoms with van der Waals surface area (Å²) in [6.07, 6.45) is 0.586. The quantitative estimate of drug-likeness (QED) is 0.121. The molecule has 1 unspecified atom stereocenters. The van der Waals surface area contributed by atoms with Crippen molar-refractivity contribution in [3.8, 4) is 0 Å². The smallest absolute Gasteiger partial charge is 0.370 e. The zero-order valence-electron chi connectivity index (χ0n) is 14.8. The molecule has 11 heteroatoms. The van der Waals surface area contributed by atoms with Gasteiger partial charge in [-0.2, -0.15) is 0 Å². The van der Waals surface area contributed by atoms with Crippen LogP contribution in [0.5, 0.6) is 0 Å².